The lowest BCUT2D eigenvalue weighted by molar-refractivity contribution is 0.323. The van der Waals surface area contributed by atoms with Crippen molar-refractivity contribution in [2.24, 2.45) is 5.73 Å². The zero-order valence-electron chi connectivity index (χ0n) is 15.4. The van der Waals surface area contributed by atoms with Crippen molar-refractivity contribution in [1.29, 1.82) is 0 Å². The van der Waals surface area contributed by atoms with Gasteiger partial charge in [0.1, 0.15) is 5.75 Å². The van der Waals surface area contributed by atoms with Crippen LogP contribution in [0.5, 0.6) is 23.0 Å². The van der Waals surface area contributed by atoms with E-state index in [1.54, 1.807) is 28.4 Å². The average molecular weight is 359 g/mol. The van der Waals surface area contributed by atoms with Gasteiger partial charge in [-0.25, -0.2) is 10.9 Å². The first-order valence-corrected chi connectivity index (χ1v) is 8.33. The SMILES string of the molecule is COc1ccc(C2NNC(N)C2c2cc(OC)c(OC)c(OC)c2)cc1. The standard InChI is InChI=1S/C19H25N3O4/c1-23-13-7-5-11(6-8-13)17-16(19(20)22-21-17)12-9-14(24-2)18(26-4)15(10-12)25-3/h5-10,16-17,19,21-22H,20H2,1-4H3. The zero-order valence-corrected chi connectivity index (χ0v) is 15.4. The third kappa shape index (κ3) is 3.29. The fraction of sp³-hybridized carbons (Fsp3) is 0.368. The number of nitrogens with one attached hydrogen (secondary N) is 2. The summed E-state index contributed by atoms with van der Waals surface area (Å²) in [7, 11) is 6.45. The van der Waals surface area contributed by atoms with Gasteiger partial charge in [0.05, 0.1) is 40.6 Å². The maximum absolute atomic E-state index is 6.34. The van der Waals surface area contributed by atoms with Gasteiger partial charge < -0.3 is 24.7 Å². The molecule has 7 nitrogen and oxygen atoms in total. The van der Waals surface area contributed by atoms with Crippen molar-refractivity contribution in [1.82, 2.24) is 10.9 Å². The minimum atomic E-state index is -0.273. The molecule has 3 unspecified atom stereocenters. The molecule has 0 aliphatic carbocycles. The Kier molecular flexibility index (Phi) is 5.51. The van der Waals surface area contributed by atoms with E-state index in [4.69, 9.17) is 24.7 Å². The Morgan fingerprint density at radius 3 is 1.88 bits per heavy atom. The van der Waals surface area contributed by atoms with Gasteiger partial charge in [0.2, 0.25) is 5.75 Å². The smallest absolute Gasteiger partial charge is 0.203 e. The molecule has 4 N–H and O–H groups in total. The topological polar surface area (TPSA) is 87.0 Å². The van der Waals surface area contributed by atoms with E-state index in [1.165, 1.54) is 0 Å². The van der Waals surface area contributed by atoms with E-state index < -0.39 is 0 Å². The Bertz CT molecular complexity index is 726. The first-order valence-electron chi connectivity index (χ1n) is 8.33. The number of methoxy groups -OCH3 is 4. The molecule has 1 saturated heterocycles. The third-order valence-electron chi connectivity index (χ3n) is 4.70. The van der Waals surface area contributed by atoms with Crippen molar-refractivity contribution < 1.29 is 18.9 Å². The molecule has 0 saturated carbocycles. The van der Waals surface area contributed by atoms with Gasteiger partial charge in [-0.2, -0.15) is 0 Å². The summed E-state index contributed by atoms with van der Waals surface area (Å²) in [5.41, 5.74) is 14.8. The number of hydrazine groups is 1. The minimum Gasteiger partial charge on any atom is -0.497 e. The van der Waals surface area contributed by atoms with Gasteiger partial charge in [0, 0.05) is 5.92 Å². The molecule has 140 valence electrons. The normalized spacial score (nSPS) is 22.1. The third-order valence-corrected chi connectivity index (χ3v) is 4.70. The summed E-state index contributed by atoms with van der Waals surface area (Å²) < 4.78 is 21.6. The predicted octanol–water partition coefficient (Wildman–Crippen LogP) is 1.94. The zero-order chi connectivity index (χ0) is 18.7. The molecule has 1 aliphatic rings. The van der Waals surface area contributed by atoms with E-state index in [9.17, 15) is 0 Å². The number of hydrogen-bond acceptors (Lipinski definition) is 7. The van der Waals surface area contributed by atoms with Gasteiger partial charge >= 0.3 is 0 Å². The highest BCUT2D eigenvalue weighted by Crippen LogP contribution is 2.44. The second kappa shape index (κ2) is 7.82. The van der Waals surface area contributed by atoms with E-state index in [0.717, 1.165) is 16.9 Å². The van der Waals surface area contributed by atoms with Gasteiger partial charge in [0.15, 0.2) is 11.5 Å². The highest BCUT2D eigenvalue weighted by molar-refractivity contribution is 5.55. The molecule has 1 heterocycles. The fourth-order valence-electron chi connectivity index (χ4n) is 3.37. The van der Waals surface area contributed by atoms with Crippen molar-refractivity contribution in [2.75, 3.05) is 28.4 Å². The maximum Gasteiger partial charge on any atom is 0.203 e. The second-order valence-corrected chi connectivity index (χ2v) is 6.05. The van der Waals surface area contributed by atoms with Crippen LogP contribution in [0, 0.1) is 0 Å². The molecule has 1 aliphatic heterocycles. The van der Waals surface area contributed by atoms with Gasteiger partial charge in [-0.05, 0) is 35.4 Å². The Hall–Kier alpha value is -2.48. The van der Waals surface area contributed by atoms with Gasteiger partial charge in [-0.1, -0.05) is 12.1 Å². The lowest BCUT2D eigenvalue weighted by atomic mass is 9.86. The Balaban J connectivity index is 2.01. The molecule has 2 aromatic carbocycles. The second-order valence-electron chi connectivity index (χ2n) is 6.05. The number of hydrogen-bond donors (Lipinski definition) is 3. The molecule has 3 atom stereocenters. The molecular weight excluding hydrogens is 334 g/mol. The van der Waals surface area contributed by atoms with Gasteiger partial charge in [0.25, 0.3) is 0 Å². The lowest BCUT2D eigenvalue weighted by Gasteiger charge is -2.24. The van der Waals surface area contributed by atoms with Crippen molar-refractivity contribution in [2.45, 2.75) is 18.1 Å². The molecule has 0 spiro atoms. The highest BCUT2D eigenvalue weighted by atomic mass is 16.5. The summed E-state index contributed by atoms with van der Waals surface area (Å²) in [6.07, 6.45) is -0.273. The van der Waals surface area contributed by atoms with E-state index in [1.807, 2.05) is 36.4 Å². The molecule has 0 bridgehead atoms. The molecule has 1 fully saturated rings. The molecule has 0 radical (unpaired) electrons. The molecule has 26 heavy (non-hydrogen) atoms. The van der Waals surface area contributed by atoms with Crippen molar-refractivity contribution in [3.8, 4) is 23.0 Å². The van der Waals surface area contributed by atoms with Gasteiger partial charge in [-0.15, -0.1) is 0 Å². The van der Waals surface area contributed by atoms with Crippen LogP contribution in [0.15, 0.2) is 36.4 Å². The number of ether oxygens (including phenoxy) is 4. The van der Waals surface area contributed by atoms with Crippen molar-refractivity contribution in [3.05, 3.63) is 47.5 Å². The summed E-state index contributed by atoms with van der Waals surface area (Å²) in [5, 5.41) is 0. The van der Waals surface area contributed by atoms with Crippen LogP contribution < -0.4 is 35.5 Å². The summed E-state index contributed by atoms with van der Waals surface area (Å²) in [6, 6.07) is 11.8. The van der Waals surface area contributed by atoms with Crippen LogP contribution in [0.25, 0.3) is 0 Å². The molecule has 7 heteroatoms. The maximum atomic E-state index is 6.34. The van der Waals surface area contributed by atoms with Crippen LogP contribution in [0.4, 0.5) is 0 Å². The molecule has 0 aromatic heterocycles. The summed E-state index contributed by atoms with van der Waals surface area (Å²) in [6.45, 7) is 0. The van der Waals surface area contributed by atoms with Crippen LogP contribution in [0.1, 0.15) is 23.1 Å². The largest absolute Gasteiger partial charge is 0.497 e. The predicted molar refractivity (Wildman–Crippen MR) is 98.8 cm³/mol. The molecule has 0 amide bonds. The van der Waals surface area contributed by atoms with Crippen LogP contribution in [-0.2, 0) is 0 Å². The van der Waals surface area contributed by atoms with Gasteiger partial charge in [-0.3, -0.25) is 0 Å². The van der Waals surface area contributed by atoms with E-state index in [-0.39, 0.29) is 18.1 Å². The molecular formula is C19H25N3O4. The Labute approximate surface area is 153 Å². The fourth-order valence-corrected chi connectivity index (χ4v) is 3.37. The van der Waals surface area contributed by atoms with Crippen LogP contribution >= 0.6 is 0 Å². The first kappa shape index (κ1) is 18.3. The monoisotopic (exact) mass is 359 g/mol. The Morgan fingerprint density at radius 1 is 0.769 bits per heavy atom. The first-order chi connectivity index (χ1) is 12.6. The molecule has 3 rings (SSSR count). The average Bonchev–Trinajstić information content (AvgIpc) is 3.08. The number of nitrogens with two attached hydrogens (primary N) is 1. The van der Waals surface area contributed by atoms with Crippen LogP contribution in [-0.4, -0.2) is 34.6 Å². The van der Waals surface area contributed by atoms with Crippen molar-refractivity contribution in [3.63, 3.8) is 0 Å². The van der Waals surface area contributed by atoms with Crippen LogP contribution in [0.3, 0.4) is 0 Å². The highest BCUT2D eigenvalue weighted by Gasteiger charge is 2.37. The summed E-state index contributed by atoms with van der Waals surface area (Å²) in [4.78, 5) is 0. The van der Waals surface area contributed by atoms with E-state index in [0.29, 0.717) is 17.2 Å². The van der Waals surface area contributed by atoms with E-state index >= 15 is 0 Å². The summed E-state index contributed by atoms with van der Waals surface area (Å²) >= 11 is 0. The minimum absolute atomic E-state index is 0.0151. The number of benzene rings is 2. The van der Waals surface area contributed by atoms with Crippen molar-refractivity contribution >= 4 is 0 Å². The lowest BCUT2D eigenvalue weighted by Crippen LogP contribution is -2.38. The quantitative estimate of drug-likeness (QED) is 0.726. The summed E-state index contributed by atoms with van der Waals surface area (Å²) in [5.74, 6) is 2.56. The molecule has 2 aromatic rings. The van der Waals surface area contributed by atoms with E-state index in [2.05, 4.69) is 10.9 Å². The number of rotatable bonds is 6. The van der Waals surface area contributed by atoms with Crippen LogP contribution in [0.2, 0.25) is 0 Å². The Morgan fingerprint density at radius 2 is 1.38 bits per heavy atom.